The molecule has 0 radical (unpaired) electrons. The first-order valence-corrected chi connectivity index (χ1v) is 8.49. The van der Waals surface area contributed by atoms with E-state index in [-0.39, 0.29) is 24.1 Å². The van der Waals surface area contributed by atoms with Crippen LogP contribution in [-0.2, 0) is 20.7 Å². The van der Waals surface area contributed by atoms with Crippen molar-refractivity contribution in [3.8, 4) is 0 Å². The molecule has 1 saturated heterocycles. The highest BCUT2D eigenvalue weighted by molar-refractivity contribution is 5.82. The predicted octanol–water partition coefficient (Wildman–Crippen LogP) is 1.65. The molecule has 2 heterocycles. The molecule has 2 aliphatic heterocycles. The van der Waals surface area contributed by atoms with Crippen molar-refractivity contribution < 1.29 is 14.3 Å². The fraction of sp³-hybridized carbons (Fsp3) is 0.611. The van der Waals surface area contributed by atoms with Crippen molar-refractivity contribution in [2.45, 2.75) is 51.0 Å². The molecule has 0 saturated carbocycles. The lowest BCUT2D eigenvalue weighted by molar-refractivity contribution is -0.157. The van der Waals surface area contributed by atoms with E-state index in [1.165, 1.54) is 11.1 Å². The number of benzene rings is 1. The fourth-order valence-electron chi connectivity index (χ4n) is 3.62. The molecule has 23 heavy (non-hydrogen) atoms. The summed E-state index contributed by atoms with van der Waals surface area (Å²) in [7, 11) is 0. The van der Waals surface area contributed by atoms with E-state index >= 15 is 0 Å². The molecular formula is C18H26N2O3. The molecule has 0 aliphatic carbocycles. The summed E-state index contributed by atoms with van der Waals surface area (Å²) in [5, 5.41) is 0. The third-order valence-electron chi connectivity index (χ3n) is 4.96. The van der Waals surface area contributed by atoms with Gasteiger partial charge in [0.05, 0.1) is 18.8 Å². The summed E-state index contributed by atoms with van der Waals surface area (Å²) in [6.45, 7) is 5.77. The highest BCUT2D eigenvalue weighted by Gasteiger charge is 2.37. The lowest BCUT2D eigenvalue weighted by Gasteiger charge is -2.40. The molecule has 1 aromatic carbocycles. The maximum atomic E-state index is 12.9. The van der Waals surface area contributed by atoms with Crippen LogP contribution in [0.3, 0.4) is 0 Å². The number of carbonyl (C=O) groups is 1. The Morgan fingerprint density at radius 3 is 2.96 bits per heavy atom. The van der Waals surface area contributed by atoms with E-state index in [0.717, 1.165) is 13.0 Å². The van der Waals surface area contributed by atoms with Crippen molar-refractivity contribution in [2.75, 3.05) is 19.8 Å². The molecule has 4 atom stereocenters. The van der Waals surface area contributed by atoms with Gasteiger partial charge in [-0.2, -0.15) is 0 Å². The fourth-order valence-corrected chi connectivity index (χ4v) is 3.62. The molecule has 126 valence electrons. The zero-order valence-corrected chi connectivity index (χ0v) is 13.9. The maximum Gasteiger partial charge on any atom is 0.252 e. The first-order chi connectivity index (χ1) is 11.1. The Morgan fingerprint density at radius 1 is 1.43 bits per heavy atom. The quantitative estimate of drug-likeness (QED) is 0.920. The SMILES string of the molecule is CCO[C@H]1CO[C@@H](C(=O)N2CCc3ccccc3[C@@H]2C)C[C@@H]1N. The molecule has 0 bridgehead atoms. The van der Waals surface area contributed by atoms with Gasteiger partial charge in [-0.1, -0.05) is 24.3 Å². The monoisotopic (exact) mass is 318 g/mol. The number of rotatable bonds is 3. The van der Waals surface area contributed by atoms with Crippen LogP contribution in [0.5, 0.6) is 0 Å². The molecule has 0 unspecified atom stereocenters. The Kier molecular flexibility index (Phi) is 4.99. The average molecular weight is 318 g/mol. The van der Waals surface area contributed by atoms with Gasteiger partial charge in [0.15, 0.2) is 0 Å². The number of nitrogens with two attached hydrogens (primary N) is 1. The molecule has 1 amide bonds. The minimum absolute atomic E-state index is 0.0531. The minimum Gasteiger partial charge on any atom is -0.374 e. The molecule has 3 rings (SSSR count). The van der Waals surface area contributed by atoms with E-state index in [0.29, 0.717) is 19.6 Å². The highest BCUT2D eigenvalue weighted by Crippen LogP contribution is 2.31. The summed E-state index contributed by atoms with van der Waals surface area (Å²) in [6.07, 6.45) is 0.860. The Balaban J connectivity index is 1.68. The van der Waals surface area contributed by atoms with Crippen LogP contribution in [0, 0.1) is 0 Å². The number of fused-ring (bicyclic) bond motifs is 1. The number of ether oxygens (including phenoxy) is 2. The van der Waals surface area contributed by atoms with E-state index in [9.17, 15) is 4.79 Å². The zero-order valence-electron chi connectivity index (χ0n) is 13.9. The first-order valence-electron chi connectivity index (χ1n) is 8.49. The van der Waals surface area contributed by atoms with E-state index in [1.54, 1.807) is 0 Å². The molecule has 1 fully saturated rings. The van der Waals surface area contributed by atoms with Crippen molar-refractivity contribution in [2.24, 2.45) is 5.73 Å². The Labute approximate surface area is 137 Å². The van der Waals surface area contributed by atoms with Gasteiger partial charge in [-0.15, -0.1) is 0 Å². The highest BCUT2D eigenvalue weighted by atomic mass is 16.5. The molecule has 5 heteroatoms. The molecule has 2 aliphatic rings. The standard InChI is InChI=1S/C18H26N2O3/c1-3-22-17-11-23-16(10-15(17)19)18(21)20-9-8-13-6-4-5-7-14(13)12(20)2/h4-7,12,15-17H,3,8-11,19H2,1-2H3/t12-,15-,16+,17-/m0/s1. The van der Waals surface area contributed by atoms with E-state index in [2.05, 4.69) is 25.1 Å². The summed E-state index contributed by atoms with van der Waals surface area (Å²) in [6, 6.07) is 8.27. The molecule has 1 aromatic rings. The zero-order chi connectivity index (χ0) is 16.4. The molecule has 2 N–H and O–H groups in total. The molecular weight excluding hydrogens is 292 g/mol. The summed E-state index contributed by atoms with van der Waals surface area (Å²) < 4.78 is 11.3. The van der Waals surface area contributed by atoms with Gasteiger partial charge in [0.25, 0.3) is 5.91 Å². The van der Waals surface area contributed by atoms with Gasteiger partial charge in [-0.3, -0.25) is 4.79 Å². The number of nitrogens with zero attached hydrogens (tertiary/aromatic N) is 1. The number of hydrogen-bond donors (Lipinski definition) is 1. The predicted molar refractivity (Wildman–Crippen MR) is 88.0 cm³/mol. The van der Waals surface area contributed by atoms with Crippen LogP contribution in [-0.4, -0.2) is 48.8 Å². The molecule has 0 spiro atoms. The first kappa shape index (κ1) is 16.4. The van der Waals surface area contributed by atoms with E-state index < -0.39 is 6.10 Å². The maximum absolute atomic E-state index is 12.9. The van der Waals surface area contributed by atoms with Gasteiger partial charge < -0.3 is 20.1 Å². The van der Waals surface area contributed by atoms with Crippen LogP contribution < -0.4 is 5.73 Å². The number of amides is 1. The van der Waals surface area contributed by atoms with Crippen LogP contribution in [0.15, 0.2) is 24.3 Å². The summed E-state index contributed by atoms with van der Waals surface area (Å²) >= 11 is 0. The van der Waals surface area contributed by atoms with E-state index in [1.807, 2.05) is 17.9 Å². The van der Waals surface area contributed by atoms with Crippen molar-refractivity contribution in [1.82, 2.24) is 4.90 Å². The normalized spacial score (nSPS) is 30.8. The van der Waals surface area contributed by atoms with Crippen molar-refractivity contribution in [3.63, 3.8) is 0 Å². The largest absolute Gasteiger partial charge is 0.374 e. The lowest BCUT2D eigenvalue weighted by Crippen LogP contribution is -2.54. The molecule has 5 nitrogen and oxygen atoms in total. The Bertz CT molecular complexity index is 563. The average Bonchev–Trinajstić information content (AvgIpc) is 2.57. The van der Waals surface area contributed by atoms with E-state index in [4.69, 9.17) is 15.2 Å². The van der Waals surface area contributed by atoms with Crippen LogP contribution >= 0.6 is 0 Å². The van der Waals surface area contributed by atoms with Crippen molar-refractivity contribution in [1.29, 1.82) is 0 Å². The van der Waals surface area contributed by atoms with Crippen LogP contribution in [0.4, 0.5) is 0 Å². The second kappa shape index (κ2) is 6.99. The van der Waals surface area contributed by atoms with Gasteiger partial charge in [0.2, 0.25) is 0 Å². The van der Waals surface area contributed by atoms with Crippen LogP contribution in [0.1, 0.15) is 37.4 Å². The van der Waals surface area contributed by atoms with Crippen LogP contribution in [0.25, 0.3) is 0 Å². The molecule has 0 aromatic heterocycles. The number of hydrogen-bond acceptors (Lipinski definition) is 4. The Hall–Kier alpha value is -1.43. The van der Waals surface area contributed by atoms with Crippen LogP contribution in [0.2, 0.25) is 0 Å². The third-order valence-corrected chi connectivity index (χ3v) is 4.96. The summed E-state index contributed by atoms with van der Waals surface area (Å²) in [5.41, 5.74) is 8.73. The van der Waals surface area contributed by atoms with Gasteiger partial charge in [-0.05, 0) is 31.4 Å². The van der Waals surface area contributed by atoms with Gasteiger partial charge in [0.1, 0.15) is 6.10 Å². The second-order valence-corrected chi connectivity index (χ2v) is 6.37. The van der Waals surface area contributed by atoms with Gasteiger partial charge >= 0.3 is 0 Å². The summed E-state index contributed by atoms with van der Waals surface area (Å²) in [4.78, 5) is 14.8. The van der Waals surface area contributed by atoms with Crippen molar-refractivity contribution in [3.05, 3.63) is 35.4 Å². The number of carbonyl (C=O) groups excluding carboxylic acids is 1. The lowest BCUT2D eigenvalue weighted by atomic mass is 9.92. The summed E-state index contributed by atoms with van der Waals surface area (Å²) in [5.74, 6) is 0.0531. The third kappa shape index (κ3) is 3.27. The topological polar surface area (TPSA) is 64.8 Å². The second-order valence-electron chi connectivity index (χ2n) is 6.37. The van der Waals surface area contributed by atoms with Gasteiger partial charge in [-0.25, -0.2) is 0 Å². The Morgan fingerprint density at radius 2 is 2.22 bits per heavy atom. The van der Waals surface area contributed by atoms with Crippen molar-refractivity contribution >= 4 is 5.91 Å². The van der Waals surface area contributed by atoms with Gasteiger partial charge in [0, 0.05) is 25.6 Å². The smallest absolute Gasteiger partial charge is 0.252 e. The minimum atomic E-state index is -0.450.